The molecule has 0 bridgehead atoms. The molecule has 3 nitrogen and oxygen atoms in total. The van der Waals surface area contributed by atoms with Crippen LogP contribution in [-0.4, -0.2) is 21.7 Å². The molecule has 0 aliphatic rings. The Morgan fingerprint density at radius 1 is 1.40 bits per heavy atom. The molecule has 0 spiro atoms. The Balaban J connectivity index is 2.46. The zero-order valence-corrected chi connectivity index (χ0v) is 8.83. The summed E-state index contributed by atoms with van der Waals surface area (Å²) in [5, 5.41) is 9.63. The number of H-pyrrole nitrogens is 1. The number of aromatic nitrogens is 2. The molecule has 0 saturated heterocycles. The summed E-state index contributed by atoms with van der Waals surface area (Å²) in [5.41, 5.74) is 1.98. The standard InChI is InChI=1S/C11H11ClN2O/c12-9-1-2-10(8(7-9)3-6-15)11-13-4-5-14-11/h1-2,4-5,7,15H,3,6H2,(H,13,14). The zero-order valence-electron chi connectivity index (χ0n) is 8.07. The maximum atomic E-state index is 8.96. The molecule has 1 aromatic carbocycles. The molecule has 15 heavy (non-hydrogen) atoms. The molecule has 2 aromatic rings. The van der Waals surface area contributed by atoms with Crippen molar-refractivity contribution in [1.29, 1.82) is 0 Å². The third-order valence-corrected chi connectivity index (χ3v) is 2.44. The van der Waals surface area contributed by atoms with E-state index < -0.39 is 0 Å². The van der Waals surface area contributed by atoms with Crippen molar-refractivity contribution < 1.29 is 5.11 Å². The number of halogens is 1. The minimum atomic E-state index is 0.105. The molecule has 1 aromatic heterocycles. The molecular formula is C11H11ClN2O. The van der Waals surface area contributed by atoms with E-state index in [1.807, 2.05) is 18.2 Å². The van der Waals surface area contributed by atoms with E-state index in [1.165, 1.54) is 0 Å². The smallest absolute Gasteiger partial charge is 0.137 e. The molecule has 78 valence electrons. The van der Waals surface area contributed by atoms with Crippen molar-refractivity contribution in [3.8, 4) is 11.4 Å². The Morgan fingerprint density at radius 2 is 2.27 bits per heavy atom. The summed E-state index contributed by atoms with van der Waals surface area (Å²) in [6, 6.07) is 5.59. The third-order valence-electron chi connectivity index (χ3n) is 2.20. The van der Waals surface area contributed by atoms with Gasteiger partial charge in [-0.25, -0.2) is 4.98 Å². The van der Waals surface area contributed by atoms with Crippen molar-refractivity contribution in [2.75, 3.05) is 6.61 Å². The second kappa shape index (κ2) is 4.47. The SMILES string of the molecule is OCCc1cc(Cl)ccc1-c1ncc[nH]1. The van der Waals surface area contributed by atoms with E-state index in [0.29, 0.717) is 11.4 Å². The number of aliphatic hydroxyl groups excluding tert-OH is 1. The Labute approximate surface area is 92.7 Å². The number of aliphatic hydroxyl groups is 1. The topological polar surface area (TPSA) is 48.9 Å². The van der Waals surface area contributed by atoms with Gasteiger partial charge in [-0.05, 0) is 30.2 Å². The average Bonchev–Trinajstić information content (AvgIpc) is 2.71. The molecular weight excluding hydrogens is 212 g/mol. The van der Waals surface area contributed by atoms with Crippen LogP contribution >= 0.6 is 11.6 Å². The first-order valence-corrected chi connectivity index (χ1v) is 5.08. The van der Waals surface area contributed by atoms with Gasteiger partial charge in [0.1, 0.15) is 5.82 Å². The van der Waals surface area contributed by atoms with Gasteiger partial charge in [-0.15, -0.1) is 0 Å². The molecule has 0 amide bonds. The summed E-state index contributed by atoms with van der Waals surface area (Å²) >= 11 is 5.90. The van der Waals surface area contributed by atoms with Gasteiger partial charge in [0.25, 0.3) is 0 Å². The zero-order chi connectivity index (χ0) is 10.7. The van der Waals surface area contributed by atoms with Crippen LogP contribution in [0.25, 0.3) is 11.4 Å². The van der Waals surface area contributed by atoms with Gasteiger partial charge >= 0.3 is 0 Å². The van der Waals surface area contributed by atoms with Crippen LogP contribution < -0.4 is 0 Å². The first-order chi connectivity index (χ1) is 7.31. The van der Waals surface area contributed by atoms with Crippen LogP contribution in [-0.2, 0) is 6.42 Å². The number of benzene rings is 1. The quantitative estimate of drug-likeness (QED) is 0.837. The van der Waals surface area contributed by atoms with E-state index in [4.69, 9.17) is 16.7 Å². The fraction of sp³-hybridized carbons (Fsp3) is 0.182. The van der Waals surface area contributed by atoms with Crippen LogP contribution in [0.3, 0.4) is 0 Å². The number of nitrogens with zero attached hydrogens (tertiary/aromatic N) is 1. The monoisotopic (exact) mass is 222 g/mol. The minimum Gasteiger partial charge on any atom is -0.396 e. The fourth-order valence-electron chi connectivity index (χ4n) is 1.53. The fourth-order valence-corrected chi connectivity index (χ4v) is 1.73. The van der Waals surface area contributed by atoms with Gasteiger partial charge in [0.2, 0.25) is 0 Å². The summed E-state index contributed by atoms with van der Waals surface area (Å²) < 4.78 is 0. The lowest BCUT2D eigenvalue weighted by molar-refractivity contribution is 0.300. The molecule has 2 rings (SSSR count). The Morgan fingerprint density at radius 3 is 2.93 bits per heavy atom. The Kier molecular flexibility index (Phi) is 3.04. The number of hydrogen-bond acceptors (Lipinski definition) is 2. The molecule has 0 saturated carbocycles. The minimum absolute atomic E-state index is 0.105. The van der Waals surface area contributed by atoms with Crippen LogP contribution in [0.2, 0.25) is 5.02 Å². The van der Waals surface area contributed by atoms with E-state index >= 15 is 0 Å². The summed E-state index contributed by atoms with van der Waals surface area (Å²) in [6.45, 7) is 0.105. The normalized spacial score (nSPS) is 10.5. The van der Waals surface area contributed by atoms with Crippen molar-refractivity contribution >= 4 is 11.6 Å². The summed E-state index contributed by atoms with van der Waals surface area (Å²) in [6.07, 6.45) is 4.05. The van der Waals surface area contributed by atoms with Crippen LogP contribution in [0.1, 0.15) is 5.56 Å². The van der Waals surface area contributed by atoms with Gasteiger partial charge in [-0.2, -0.15) is 0 Å². The highest BCUT2D eigenvalue weighted by Crippen LogP contribution is 2.24. The van der Waals surface area contributed by atoms with Crippen LogP contribution in [0.15, 0.2) is 30.6 Å². The summed E-state index contributed by atoms with van der Waals surface area (Å²) in [7, 11) is 0. The van der Waals surface area contributed by atoms with E-state index in [1.54, 1.807) is 12.4 Å². The number of imidazole rings is 1. The highest BCUT2D eigenvalue weighted by atomic mass is 35.5. The number of rotatable bonds is 3. The summed E-state index contributed by atoms with van der Waals surface area (Å²) in [5.74, 6) is 0.801. The lowest BCUT2D eigenvalue weighted by Gasteiger charge is -2.06. The van der Waals surface area contributed by atoms with Gasteiger partial charge in [-0.1, -0.05) is 11.6 Å². The van der Waals surface area contributed by atoms with Crippen LogP contribution in [0, 0.1) is 0 Å². The van der Waals surface area contributed by atoms with E-state index in [9.17, 15) is 0 Å². The summed E-state index contributed by atoms with van der Waals surface area (Å²) in [4.78, 5) is 7.21. The van der Waals surface area contributed by atoms with E-state index in [0.717, 1.165) is 17.0 Å². The molecule has 0 atom stereocenters. The lowest BCUT2D eigenvalue weighted by Crippen LogP contribution is -1.95. The number of hydrogen-bond donors (Lipinski definition) is 2. The molecule has 0 aliphatic heterocycles. The highest BCUT2D eigenvalue weighted by Gasteiger charge is 2.07. The first-order valence-electron chi connectivity index (χ1n) is 4.70. The van der Waals surface area contributed by atoms with Crippen molar-refractivity contribution in [2.24, 2.45) is 0 Å². The van der Waals surface area contributed by atoms with Crippen molar-refractivity contribution in [3.05, 3.63) is 41.2 Å². The second-order valence-electron chi connectivity index (χ2n) is 3.21. The number of aromatic amines is 1. The predicted molar refractivity (Wildman–Crippen MR) is 59.8 cm³/mol. The first kappa shape index (κ1) is 10.2. The molecule has 0 fully saturated rings. The molecule has 0 unspecified atom stereocenters. The third kappa shape index (κ3) is 2.19. The number of nitrogens with one attached hydrogen (secondary N) is 1. The molecule has 2 N–H and O–H groups in total. The predicted octanol–water partition coefficient (Wildman–Crippen LogP) is 2.26. The van der Waals surface area contributed by atoms with Crippen molar-refractivity contribution in [2.45, 2.75) is 6.42 Å². The van der Waals surface area contributed by atoms with Gasteiger partial charge in [0.05, 0.1) is 0 Å². The molecule has 1 heterocycles. The van der Waals surface area contributed by atoms with E-state index in [2.05, 4.69) is 9.97 Å². The van der Waals surface area contributed by atoms with Gasteiger partial charge < -0.3 is 10.1 Å². The Hall–Kier alpha value is -1.32. The van der Waals surface area contributed by atoms with Crippen LogP contribution in [0.5, 0.6) is 0 Å². The molecule has 0 aliphatic carbocycles. The second-order valence-corrected chi connectivity index (χ2v) is 3.65. The van der Waals surface area contributed by atoms with Gasteiger partial charge in [-0.3, -0.25) is 0 Å². The lowest BCUT2D eigenvalue weighted by atomic mass is 10.0. The largest absolute Gasteiger partial charge is 0.396 e. The molecule has 4 heteroatoms. The molecule has 0 radical (unpaired) electrons. The van der Waals surface area contributed by atoms with E-state index in [-0.39, 0.29) is 6.61 Å². The van der Waals surface area contributed by atoms with Gasteiger partial charge in [0, 0.05) is 29.6 Å². The maximum absolute atomic E-state index is 8.96. The average molecular weight is 223 g/mol. The highest BCUT2D eigenvalue weighted by molar-refractivity contribution is 6.30. The maximum Gasteiger partial charge on any atom is 0.137 e. The van der Waals surface area contributed by atoms with Crippen molar-refractivity contribution in [3.63, 3.8) is 0 Å². The van der Waals surface area contributed by atoms with Gasteiger partial charge in [0.15, 0.2) is 0 Å². The van der Waals surface area contributed by atoms with Crippen molar-refractivity contribution in [1.82, 2.24) is 9.97 Å². The Bertz CT molecular complexity index is 440. The van der Waals surface area contributed by atoms with Crippen LogP contribution in [0.4, 0.5) is 0 Å².